The fourth-order valence-electron chi connectivity index (χ4n) is 4.83. The van der Waals surface area contributed by atoms with Crippen LogP contribution < -0.4 is 0 Å². The predicted octanol–water partition coefficient (Wildman–Crippen LogP) is 4.62. The van der Waals surface area contributed by atoms with Crippen molar-refractivity contribution in [2.24, 2.45) is 17.8 Å². The Morgan fingerprint density at radius 3 is 2.65 bits per heavy atom. The van der Waals surface area contributed by atoms with E-state index >= 15 is 0 Å². The minimum absolute atomic E-state index is 0.00276. The summed E-state index contributed by atoms with van der Waals surface area (Å²) < 4.78 is 17.6. The molecule has 1 aromatic carbocycles. The Kier molecular flexibility index (Phi) is 9.36. The van der Waals surface area contributed by atoms with Crippen molar-refractivity contribution >= 4 is 17.5 Å². The molecule has 1 aromatic rings. The van der Waals surface area contributed by atoms with Gasteiger partial charge in [-0.25, -0.2) is 0 Å². The zero-order chi connectivity index (χ0) is 24.7. The summed E-state index contributed by atoms with van der Waals surface area (Å²) in [7, 11) is 0. The van der Waals surface area contributed by atoms with Crippen LogP contribution in [-0.2, 0) is 35.2 Å². The summed E-state index contributed by atoms with van der Waals surface area (Å²) in [5, 5.41) is 0. The number of Topliss-reactive ketones (excluding diaryl/α,β-unsaturated/α-hetero) is 2. The lowest BCUT2D eigenvalue weighted by atomic mass is 9.76. The summed E-state index contributed by atoms with van der Waals surface area (Å²) in [6, 6.07) is 9.69. The zero-order valence-corrected chi connectivity index (χ0v) is 20.4. The first-order valence-corrected chi connectivity index (χ1v) is 12.1. The molecule has 1 aliphatic carbocycles. The van der Waals surface area contributed by atoms with E-state index in [9.17, 15) is 14.4 Å². The molecule has 1 heterocycles. The van der Waals surface area contributed by atoms with Gasteiger partial charge in [-0.2, -0.15) is 0 Å². The van der Waals surface area contributed by atoms with Crippen LogP contribution in [0, 0.1) is 17.8 Å². The number of allylic oxidation sites excluding steroid dienone is 3. The van der Waals surface area contributed by atoms with Gasteiger partial charge >= 0.3 is 5.97 Å². The molecule has 0 N–H and O–H groups in total. The lowest BCUT2D eigenvalue weighted by Gasteiger charge is -2.30. The Labute approximate surface area is 202 Å². The third-order valence-corrected chi connectivity index (χ3v) is 6.70. The van der Waals surface area contributed by atoms with Crippen molar-refractivity contribution in [2.45, 2.75) is 71.4 Å². The van der Waals surface area contributed by atoms with Crippen LogP contribution in [0.25, 0.3) is 0 Å². The monoisotopic (exact) mass is 468 g/mol. The topological polar surface area (TPSA) is 78.9 Å². The highest BCUT2D eigenvalue weighted by Crippen LogP contribution is 2.37. The van der Waals surface area contributed by atoms with Gasteiger partial charge in [0.1, 0.15) is 18.0 Å². The van der Waals surface area contributed by atoms with E-state index in [1.54, 1.807) is 0 Å². The minimum Gasteiger partial charge on any atom is -0.466 e. The number of rotatable bonds is 11. The van der Waals surface area contributed by atoms with Gasteiger partial charge in [0.15, 0.2) is 5.78 Å². The van der Waals surface area contributed by atoms with Crippen molar-refractivity contribution in [3.05, 3.63) is 60.2 Å². The van der Waals surface area contributed by atoms with Crippen molar-refractivity contribution < 1.29 is 28.6 Å². The molecule has 0 aromatic heterocycles. The van der Waals surface area contributed by atoms with E-state index in [4.69, 9.17) is 14.2 Å². The molecule has 6 nitrogen and oxygen atoms in total. The summed E-state index contributed by atoms with van der Waals surface area (Å²) in [6.45, 7) is 9.62. The number of hydrogen-bond acceptors (Lipinski definition) is 6. The van der Waals surface area contributed by atoms with Crippen molar-refractivity contribution in [3.8, 4) is 0 Å². The lowest BCUT2D eigenvalue weighted by Crippen LogP contribution is -2.38. The molecular formula is C28H36O6. The normalized spacial score (nSPS) is 26.6. The Morgan fingerprint density at radius 1 is 1.24 bits per heavy atom. The second-order valence-electron chi connectivity index (χ2n) is 9.55. The van der Waals surface area contributed by atoms with Gasteiger partial charge in [-0.15, -0.1) is 6.58 Å². The first-order chi connectivity index (χ1) is 16.3. The summed E-state index contributed by atoms with van der Waals surface area (Å²) in [6.07, 6.45) is 4.20. The molecule has 1 saturated heterocycles. The summed E-state index contributed by atoms with van der Waals surface area (Å²) in [5.74, 6) is -0.827. The second kappa shape index (κ2) is 12.2. The third-order valence-electron chi connectivity index (χ3n) is 6.70. The van der Waals surface area contributed by atoms with Gasteiger partial charge in [-0.3, -0.25) is 14.4 Å². The summed E-state index contributed by atoms with van der Waals surface area (Å²) in [5.41, 5.74) is 2.15. The fourth-order valence-corrected chi connectivity index (χ4v) is 4.83. The van der Waals surface area contributed by atoms with Crippen LogP contribution in [0.15, 0.2) is 54.6 Å². The molecule has 1 unspecified atom stereocenters. The molecule has 0 spiro atoms. The average Bonchev–Trinajstić information content (AvgIpc) is 3.12. The molecule has 2 aliphatic rings. The van der Waals surface area contributed by atoms with Crippen molar-refractivity contribution in [1.82, 2.24) is 0 Å². The fraction of sp³-hybridized carbons (Fsp3) is 0.536. The van der Waals surface area contributed by atoms with Crippen LogP contribution in [0.3, 0.4) is 0 Å². The smallest absolute Gasteiger partial charge is 0.302 e. The molecular weight excluding hydrogens is 432 g/mol. The van der Waals surface area contributed by atoms with Gasteiger partial charge in [0.05, 0.1) is 19.3 Å². The number of ether oxygens (including phenoxy) is 3. The number of hydrogen-bond donors (Lipinski definition) is 0. The number of esters is 1. The molecule has 0 radical (unpaired) electrons. The van der Waals surface area contributed by atoms with E-state index in [-0.39, 0.29) is 41.9 Å². The SMILES string of the molecule is C=CCC1=CCC(=O)[C@@H]([C@@H](C)[C@@H]2O[C@H](CC(C)COC(C)=O)[C@H](OCc3ccccc3)C2=O)C1. The van der Waals surface area contributed by atoms with Gasteiger partial charge in [0.25, 0.3) is 0 Å². The second-order valence-corrected chi connectivity index (χ2v) is 9.55. The highest BCUT2D eigenvalue weighted by molar-refractivity contribution is 5.91. The maximum absolute atomic E-state index is 13.5. The first kappa shape index (κ1) is 26.0. The van der Waals surface area contributed by atoms with Gasteiger partial charge < -0.3 is 14.2 Å². The zero-order valence-electron chi connectivity index (χ0n) is 20.4. The maximum Gasteiger partial charge on any atom is 0.302 e. The highest BCUT2D eigenvalue weighted by Gasteiger charge is 2.49. The minimum atomic E-state index is -0.727. The molecule has 0 amide bonds. The Morgan fingerprint density at radius 2 is 1.97 bits per heavy atom. The molecule has 34 heavy (non-hydrogen) atoms. The molecule has 6 atom stereocenters. The average molecular weight is 469 g/mol. The van der Waals surface area contributed by atoms with Crippen molar-refractivity contribution in [3.63, 3.8) is 0 Å². The summed E-state index contributed by atoms with van der Waals surface area (Å²) >= 11 is 0. The number of carbonyl (C=O) groups is 3. The van der Waals surface area contributed by atoms with Crippen molar-refractivity contribution in [2.75, 3.05) is 6.61 Å². The van der Waals surface area contributed by atoms with Crippen LogP contribution >= 0.6 is 0 Å². The van der Waals surface area contributed by atoms with E-state index < -0.39 is 18.3 Å². The lowest BCUT2D eigenvalue weighted by molar-refractivity contribution is -0.143. The Hall–Kier alpha value is -2.57. The molecule has 3 rings (SSSR count). The number of benzene rings is 1. The van der Waals surface area contributed by atoms with Crippen LogP contribution in [0.1, 0.15) is 52.0 Å². The molecule has 1 fully saturated rings. The number of carbonyl (C=O) groups excluding carboxylic acids is 3. The maximum atomic E-state index is 13.5. The van der Waals surface area contributed by atoms with Gasteiger partial charge in [-0.1, -0.05) is 61.9 Å². The predicted molar refractivity (Wildman–Crippen MR) is 129 cm³/mol. The highest BCUT2D eigenvalue weighted by atomic mass is 16.6. The molecule has 0 bridgehead atoms. The van der Waals surface area contributed by atoms with Crippen LogP contribution in [0.4, 0.5) is 0 Å². The quantitative estimate of drug-likeness (QED) is 0.348. The van der Waals surface area contributed by atoms with Crippen molar-refractivity contribution in [1.29, 1.82) is 0 Å². The molecule has 184 valence electrons. The van der Waals surface area contributed by atoms with Crippen LogP contribution in [0.2, 0.25) is 0 Å². The van der Waals surface area contributed by atoms with Gasteiger partial charge in [0, 0.05) is 19.3 Å². The Balaban J connectivity index is 1.73. The summed E-state index contributed by atoms with van der Waals surface area (Å²) in [4.78, 5) is 37.4. The first-order valence-electron chi connectivity index (χ1n) is 12.1. The largest absolute Gasteiger partial charge is 0.466 e. The van der Waals surface area contributed by atoms with Crippen LogP contribution in [-0.4, -0.2) is 42.5 Å². The van der Waals surface area contributed by atoms with Gasteiger partial charge in [-0.05, 0) is 36.7 Å². The van der Waals surface area contributed by atoms with E-state index in [0.29, 0.717) is 25.9 Å². The molecule has 6 heteroatoms. The molecule has 0 saturated carbocycles. The van der Waals surface area contributed by atoms with E-state index in [1.165, 1.54) is 12.5 Å². The standard InChI is InChI=1S/C28H36O6/c1-5-9-21-12-13-24(30)23(15-21)19(3)27-26(31)28(33-17-22-10-7-6-8-11-22)25(34-27)14-18(2)16-32-20(4)29/h5-8,10-12,18-19,23,25,27-28H,1,9,13-17H2,2-4H3/t18?,19-,23-,25-,27+,28+/m1/s1. The van der Waals surface area contributed by atoms with E-state index in [1.807, 2.05) is 56.3 Å². The van der Waals surface area contributed by atoms with Gasteiger partial charge in [0.2, 0.25) is 0 Å². The third kappa shape index (κ3) is 6.73. The number of ketones is 2. The van der Waals surface area contributed by atoms with E-state index in [0.717, 1.165) is 12.0 Å². The molecule has 1 aliphatic heterocycles. The Bertz CT molecular complexity index is 905. The van der Waals surface area contributed by atoms with E-state index in [2.05, 4.69) is 6.58 Å². The van der Waals surface area contributed by atoms with Crippen LogP contribution in [0.5, 0.6) is 0 Å².